The summed E-state index contributed by atoms with van der Waals surface area (Å²) < 4.78 is 0. The smallest absolute Gasteiger partial charge is 0.254 e. The maximum absolute atomic E-state index is 12.9. The van der Waals surface area contributed by atoms with E-state index < -0.39 is 6.04 Å². The first-order valence-electron chi connectivity index (χ1n) is 9.19. The lowest BCUT2D eigenvalue weighted by atomic mass is 10.00. The second-order valence-electron chi connectivity index (χ2n) is 7.04. The number of hydrogen-bond acceptors (Lipinski definition) is 3. The van der Waals surface area contributed by atoms with Crippen LogP contribution in [0.2, 0.25) is 5.02 Å². The first-order valence-corrected chi connectivity index (χ1v) is 9.56. The zero-order chi connectivity index (χ0) is 20.5. The number of carbonyl (C=O) groups is 2. The number of aromatic hydroxyl groups is 1. The van der Waals surface area contributed by atoms with Crippen LogP contribution in [0.4, 0.5) is 5.69 Å². The molecule has 3 aromatic carbocycles. The third kappa shape index (κ3) is 3.82. The average molecular weight is 407 g/mol. The van der Waals surface area contributed by atoms with Crippen LogP contribution in [-0.4, -0.2) is 30.0 Å². The maximum Gasteiger partial charge on any atom is 0.254 e. The van der Waals surface area contributed by atoms with E-state index >= 15 is 0 Å². The highest BCUT2D eigenvalue weighted by Gasteiger charge is 2.31. The fraction of sp³-hybridized carbons (Fsp3) is 0.130. The molecule has 3 aromatic rings. The molecule has 0 saturated heterocycles. The Labute approximate surface area is 173 Å². The van der Waals surface area contributed by atoms with Gasteiger partial charge in [0.15, 0.2) is 0 Å². The van der Waals surface area contributed by atoms with Crippen molar-refractivity contribution < 1.29 is 14.7 Å². The second-order valence-corrected chi connectivity index (χ2v) is 7.47. The molecule has 1 aliphatic rings. The molecule has 5 nitrogen and oxygen atoms in total. The number of hydrogen-bond donors (Lipinski definition) is 2. The number of carbonyl (C=O) groups excluding carboxylic acids is 2. The van der Waals surface area contributed by atoms with Gasteiger partial charge < -0.3 is 15.3 Å². The van der Waals surface area contributed by atoms with Gasteiger partial charge in [-0.1, -0.05) is 48.0 Å². The molecule has 29 heavy (non-hydrogen) atoms. The van der Waals surface area contributed by atoms with Crippen molar-refractivity contribution in [3.63, 3.8) is 0 Å². The minimum atomic E-state index is -0.676. The standard InChI is InChI=1S/C23H19ClN2O3/c1-26-21-10-9-17(24)13-19(21)22(28)25-20(23(26)29)11-14-5-7-15(8-6-14)16-3-2-4-18(27)12-16/h2-10,12-13,20,27H,11H2,1H3,(H,25,28). The number of benzene rings is 3. The van der Waals surface area contributed by atoms with E-state index in [1.54, 1.807) is 43.4 Å². The maximum atomic E-state index is 12.9. The van der Waals surface area contributed by atoms with Gasteiger partial charge in [-0.2, -0.15) is 0 Å². The number of nitrogens with zero attached hydrogens (tertiary/aromatic N) is 1. The lowest BCUT2D eigenvalue weighted by Crippen LogP contribution is -2.45. The molecule has 1 atom stereocenters. The zero-order valence-electron chi connectivity index (χ0n) is 15.7. The summed E-state index contributed by atoms with van der Waals surface area (Å²) in [6, 6.07) is 19.0. The van der Waals surface area contributed by atoms with Gasteiger partial charge in [-0.3, -0.25) is 9.59 Å². The topological polar surface area (TPSA) is 69.6 Å². The minimum absolute atomic E-state index is 0.184. The number of amides is 2. The summed E-state index contributed by atoms with van der Waals surface area (Å²) in [6.45, 7) is 0. The molecule has 0 radical (unpaired) electrons. The van der Waals surface area contributed by atoms with E-state index in [2.05, 4.69) is 5.32 Å². The second kappa shape index (κ2) is 7.60. The van der Waals surface area contributed by atoms with E-state index in [4.69, 9.17) is 11.6 Å². The zero-order valence-corrected chi connectivity index (χ0v) is 16.5. The van der Waals surface area contributed by atoms with E-state index in [-0.39, 0.29) is 17.6 Å². The first kappa shape index (κ1) is 19.0. The fourth-order valence-corrected chi connectivity index (χ4v) is 3.70. The monoisotopic (exact) mass is 406 g/mol. The van der Waals surface area contributed by atoms with Crippen LogP contribution in [0, 0.1) is 0 Å². The van der Waals surface area contributed by atoms with Crippen molar-refractivity contribution in [3.05, 3.63) is 82.9 Å². The van der Waals surface area contributed by atoms with Gasteiger partial charge in [0.1, 0.15) is 11.8 Å². The molecule has 2 amide bonds. The lowest BCUT2D eigenvalue weighted by Gasteiger charge is -2.21. The molecule has 0 aliphatic carbocycles. The van der Waals surface area contributed by atoms with E-state index in [0.29, 0.717) is 22.7 Å². The molecule has 146 valence electrons. The van der Waals surface area contributed by atoms with Crippen molar-refractivity contribution in [2.75, 3.05) is 11.9 Å². The number of halogens is 1. The Morgan fingerprint density at radius 1 is 1.00 bits per heavy atom. The molecule has 1 heterocycles. The minimum Gasteiger partial charge on any atom is -0.508 e. The van der Waals surface area contributed by atoms with Crippen molar-refractivity contribution in [2.45, 2.75) is 12.5 Å². The van der Waals surface area contributed by atoms with Gasteiger partial charge in [-0.15, -0.1) is 0 Å². The van der Waals surface area contributed by atoms with Crippen molar-refractivity contribution in [1.29, 1.82) is 0 Å². The van der Waals surface area contributed by atoms with Crippen LogP contribution >= 0.6 is 11.6 Å². The van der Waals surface area contributed by atoms with E-state index in [9.17, 15) is 14.7 Å². The fourth-order valence-electron chi connectivity index (χ4n) is 3.53. The molecule has 0 aromatic heterocycles. The van der Waals surface area contributed by atoms with Gasteiger partial charge in [0.05, 0.1) is 11.3 Å². The molecule has 0 fully saturated rings. The van der Waals surface area contributed by atoms with Crippen LogP contribution in [0.5, 0.6) is 5.75 Å². The van der Waals surface area contributed by atoms with Crippen LogP contribution in [-0.2, 0) is 11.2 Å². The van der Waals surface area contributed by atoms with Crippen LogP contribution in [0.25, 0.3) is 11.1 Å². The van der Waals surface area contributed by atoms with Crippen LogP contribution in [0.3, 0.4) is 0 Å². The molecule has 0 spiro atoms. The van der Waals surface area contributed by atoms with E-state index in [1.807, 2.05) is 30.3 Å². The molecular formula is C23H19ClN2O3. The largest absolute Gasteiger partial charge is 0.508 e. The molecule has 1 aliphatic heterocycles. The number of rotatable bonds is 3. The van der Waals surface area contributed by atoms with Crippen molar-refractivity contribution in [2.24, 2.45) is 0 Å². The highest BCUT2D eigenvalue weighted by molar-refractivity contribution is 6.31. The number of phenolic OH excluding ortho intramolecular Hbond substituents is 1. The van der Waals surface area contributed by atoms with Crippen molar-refractivity contribution in [1.82, 2.24) is 5.32 Å². The summed E-state index contributed by atoms with van der Waals surface area (Å²) in [5, 5.41) is 12.9. The third-order valence-corrected chi connectivity index (χ3v) is 5.31. The van der Waals surface area contributed by atoms with Gasteiger partial charge in [0.25, 0.3) is 5.91 Å². The van der Waals surface area contributed by atoms with E-state index in [1.165, 1.54) is 4.90 Å². The molecular weight excluding hydrogens is 388 g/mol. The Morgan fingerprint density at radius 2 is 1.76 bits per heavy atom. The third-order valence-electron chi connectivity index (χ3n) is 5.07. The van der Waals surface area contributed by atoms with Crippen molar-refractivity contribution in [3.8, 4) is 16.9 Å². The van der Waals surface area contributed by atoms with Crippen LogP contribution in [0.1, 0.15) is 15.9 Å². The molecule has 6 heteroatoms. The SMILES string of the molecule is CN1C(=O)C(Cc2ccc(-c3cccc(O)c3)cc2)NC(=O)c2cc(Cl)ccc21. The molecule has 0 bridgehead atoms. The normalized spacial score (nSPS) is 16.2. The summed E-state index contributed by atoms with van der Waals surface area (Å²) in [6.07, 6.45) is 0.372. The lowest BCUT2D eigenvalue weighted by molar-refractivity contribution is -0.120. The number of likely N-dealkylation sites (N-methyl/N-ethyl adjacent to an activating group) is 1. The number of fused-ring (bicyclic) bond motifs is 1. The van der Waals surface area contributed by atoms with Gasteiger partial charge >= 0.3 is 0 Å². The van der Waals surface area contributed by atoms with Crippen LogP contribution in [0.15, 0.2) is 66.7 Å². The first-order chi connectivity index (χ1) is 13.9. The van der Waals surface area contributed by atoms with Crippen molar-refractivity contribution >= 4 is 29.1 Å². The summed E-state index contributed by atoms with van der Waals surface area (Å²) >= 11 is 6.02. The summed E-state index contributed by atoms with van der Waals surface area (Å²) in [5.74, 6) is -0.292. The summed E-state index contributed by atoms with van der Waals surface area (Å²) in [7, 11) is 1.66. The van der Waals surface area contributed by atoms with Gasteiger partial charge in [0, 0.05) is 18.5 Å². The Kier molecular flexibility index (Phi) is 4.99. The number of anilines is 1. The quantitative estimate of drug-likeness (QED) is 0.690. The Hall–Kier alpha value is -3.31. The highest BCUT2D eigenvalue weighted by atomic mass is 35.5. The Morgan fingerprint density at radius 3 is 2.48 bits per heavy atom. The van der Waals surface area contributed by atoms with E-state index in [0.717, 1.165) is 16.7 Å². The highest BCUT2D eigenvalue weighted by Crippen LogP contribution is 2.28. The Balaban J connectivity index is 1.57. The van der Waals surface area contributed by atoms with Gasteiger partial charge in [-0.05, 0) is 47.0 Å². The molecule has 1 unspecified atom stereocenters. The predicted octanol–water partition coefficient (Wildman–Crippen LogP) is 4.03. The average Bonchev–Trinajstić information content (AvgIpc) is 2.80. The molecule has 0 saturated carbocycles. The van der Waals surface area contributed by atoms with Crippen LogP contribution < -0.4 is 10.2 Å². The summed E-state index contributed by atoms with van der Waals surface area (Å²) in [5.41, 5.74) is 3.71. The molecule has 2 N–H and O–H groups in total. The predicted molar refractivity (Wildman–Crippen MR) is 113 cm³/mol. The number of phenols is 1. The van der Waals surface area contributed by atoms with Gasteiger partial charge in [0.2, 0.25) is 5.91 Å². The van der Waals surface area contributed by atoms with Gasteiger partial charge in [-0.25, -0.2) is 0 Å². The Bertz CT molecular complexity index is 1100. The number of nitrogens with one attached hydrogen (secondary N) is 1. The molecule has 4 rings (SSSR count). The summed E-state index contributed by atoms with van der Waals surface area (Å²) in [4.78, 5) is 27.1.